The highest BCUT2D eigenvalue weighted by Gasteiger charge is 2.17. The fraction of sp³-hybridized carbons (Fsp3) is 0.500. The summed E-state index contributed by atoms with van der Waals surface area (Å²) in [6.45, 7) is 3.13. The summed E-state index contributed by atoms with van der Waals surface area (Å²) < 4.78 is 0. The van der Waals surface area contributed by atoms with E-state index in [0.29, 0.717) is 0 Å². The Bertz CT molecular complexity index is 414. The van der Waals surface area contributed by atoms with Crippen molar-refractivity contribution in [3.63, 3.8) is 0 Å². The first-order valence-corrected chi connectivity index (χ1v) is 6.44. The maximum Gasteiger partial charge on any atom is 0.305 e. The van der Waals surface area contributed by atoms with Crippen LogP contribution in [-0.2, 0) is 11.3 Å². The van der Waals surface area contributed by atoms with Crippen molar-refractivity contribution in [3.8, 4) is 0 Å². The molecule has 1 fully saturated rings. The van der Waals surface area contributed by atoms with Crippen LogP contribution in [0.4, 0.5) is 0 Å². The normalized spacial score (nSPS) is 17.8. The van der Waals surface area contributed by atoms with Crippen molar-refractivity contribution >= 4 is 5.97 Å². The summed E-state index contributed by atoms with van der Waals surface area (Å²) in [5, 5.41) is 8.83. The van der Waals surface area contributed by atoms with Crippen molar-refractivity contribution < 1.29 is 9.90 Å². The summed E-state index contributed by atoms with van der Waals surface area (Å²) in [5.41, 5.74) is 8.10. The molecule has 1 aromatic carbocycles. The standard InChI is InChI=1S/C14H20N2O2/c15-13(9-14(17)18)12-6-2-1-5-11(12)10-16-7-3-4-8-16/h1-2,5-6,13H,3-4,7-10,15H2,(H,17,18). The number of rotatable bonds is 5. The molecular weight excluding hydrogens is 228 g/mol. The van der Waals surface area contributed by atoms with Crippen LogP contribution in [0.25, 0.3) is 0 Å². The number of aliphatic carboxylic acids is 1. The molecule has 4 nitrogen and oxygen atoms in total. The number of carboxylic acid groups (broad SMARTS) is 1. The van der Waals surface area contributed by atoms with Gasteiger partial charge in [0.2, 0.25) is 0 Å². The molecule has 0 bridgehead atoms. The van der Waals surface area contributed by atoms with E-state index in [9.17, 15) is 4.79 Å². The fourth-order valence-corrected chi connectivity index (χ4v) is 2.52. The van der Waals surface area contributed by atoms with Gasteiger partial charge < -0.3 is 10.8 Å². The van der Waals surface area contributed by atoms with Crippen molar-refractivity contribution in [2.75, 3.05) is 13.1 Å². The number of nitrogens with two attached hydrogens (primary N) is 1. The molecule has 1 heterocycles. The van der Waals surface area contributed by atoms with Gasteiger partial charge in [0.25, 0.3) is 0 Å². The third-order valence-electron chi connectivity index (χ3n) is 3.44. The van der Waals surface area contributed by atoms with E-state index in [1.807, 2.05) is 18.2 Å². The highest BCUT2D eigenvalue weighted by molar-refractivity contribution is 5.68. The van der Waals surface area contributed by atoms with Crippen LogP contribution in [0.1, 0.15) is 36.4 Å². The molecule has 0 saturated carbocycles. The van der Waals surface area contributed by atoms with Crippen LogP contribution in [-0.4, -0.2) is 29.1 Å². The monoisotopic (exact) mass is 248 g/mol. The van der Waals surface area contributed by atoms with Gasteiger partial charge in [0.15, 0.2) is 0 Å². The molecule has 0 aliphatic carbocycles. The molecule has 1 atom stereocenters. The van der Waals surface area contributed by atoms with Gasteiger partial charge >= 0.3 is 5.97 Å². The molecular formula is C14H20N2O2. The molecule has 0 amide bonds. The van der Waals surface area contributed by atoms with E-state index in [4.69, 9.17) is 10.8 Å². The molecule has 1 saturated heterocycles. The minimum Gasteiger partial charge on any atom is -0.481 e. The maximum atomic E-state index is 10.7. The van der Waals surface area contributed by atoms with E-state index in [2.05, 4.69) is 11.0 Å². The molecule has 3 N–H and O–H groups in total. The first-order chi connectivity index (χ1) is 8.66. The predicted octanol–water partition coefficient (Wildman–Crippen LogP) is 1.76. The van der Waals surface area contributed by atoms with Gasteiger partial charge in [-0.05, 0) is 37.1 Å². The largest absolute Gasteiger partial charge is 0.481 e. The van der Waals surface area contributed by atoms with Crippen LogP contribution in [0.15, 0.2) is 24.3 Å². The van der Waals surface area contributed by atoms with E-state index in [1.54, 1.807) is 0 Å². The summed E-state index contributed by atoms with van der Waals surface area (Å²) in [5.74, 6) is -0.849. The Labute approximate surface area is 107 Å². The van der Waals surface area contributed by atoms with E-state index in [1.165, 1.54) is 12.8 Å². The number of carbonyl (C=O) groups is 1. The number of benzene rings is 1. The summed E-state index contributed by atoms with van der Waals surface area (Å²) in [6.07, 6.45) is 2.49. The molecule has 2 rings (SSSR count). The molecule has 1 aliphatic heterocycles. The Kier molecular flexibility index (Phi) is 4.33. The molecule has 0 aromatic heterocycles. The molecule has 1 unspecified atom stereocenters. The van der Waals surface area contributed by atoms with Crippen LogP contribution < -0.4 is 5.73 Å². The second-order valence-electron chi connectivity index (χ2n) is 4.89. The molecule has 4 heteroatoms. The van der Waals surface area contributed by atoms with Gasteiger partial charge in [-0.15, -0.1) is 0 Å². The number of nitrogens with zero attached hydrogens (tertiary/aromatic N) is 1. The fourth-order valence-electron chi connectivity index (χ4n) is 2.52. The number of likely N-dealkylation sites (tertiary alicyclic amines) is 1. The van der Waals surface area contributed by atoms with Crippen molar-refractivity contribution in [3.05, 3.63) is 35.4 Å². The highest BCUT2D eigenvalue weighted by atomic mass is 16.4. The third kappa shape index (κ3) is 3.31. The quantitative estimate of drug-likeness (QED) is 0.833. The lowest BCUT2D eigenvalue weighted by molar-refractivity contribution is -0.137. The number of hydrogen-bond acceptors (Lipinski definition) is 3. The minimum atomic E-state index is -0.849. The summed E-state index contributed by atoms with van der Waals surface area (Å²) in [7, 11) is 0. The lowest BCUT2D eigenvalue weighted by atomic mass is 9.98. The second-order valence-corrected chi connectivity index (χ2v) is 4.89. The molecule has 98 valence electrons. The zero-order valence-electron chi connectivity index (χ0n) is 10.5. The van der Waals surface area contributed by atoms with Crippen LogP contribution >= 0.6 is 0 Å². The zero-order valence-corrected chi connectivity index (χ0v) is 10.5. The first-order valence-electron chi connectivity index (χ1n) is 6.44. The zero-order chi connectivity index (χ0) is 13.0. The molecule has 1 aliphatic rings. The van der Waals surface area contributed by atoms with Crippen molar-refractivity contribution in [1.29, 1.82) is 0 Å². The van der Waals surface area contributed by atoms with E-state index >= 15 is 0 Å². The smallest absolute Gasteiger partial charge is 0.305 e. The Hall–Kier alpha value is -1.39. The average molecular weight is 248 g/mol. The van der Waals surface area contributed by atoms with E-state index in [-0.39, 0.29) is 6.42 Å². The third-order valence-corrected chi connectivity index (χ3v) is 3.44. The van der Waals surface area contributed by atoms with Gasteiger partial charge in [-0.1, -0.05) is 24.3 Å². The van der Waals surface area contributed by atoms with Crippen LogP contribution in [0, 0.1) is 0 Å². The van der Waals surface area contributed by atoms with Gasteiger partial charge in [-0.2, -0.15) is 0 Å². The van der Waals surface area contributed by atoms with Crippen molar-refractivity contribution in [1.82, 2.24) is 4.90 Å². The predicted molar refractivity (Wildman–Crippen MR) is 70.1 cm³/mol. The molecule has 1 aromatic rings. The minimum absolute atomic E-state index is 0.0169. The SMILES string of the molecule is NC(CC(=O)O)c1ccccc1CN1CCCC1. The molecule has 0 radical (unpaired) electrons. The summed E-state index contributed by atoms with van der Waals surface area (Å²) in [6, 6.07) is 7.49. The van der Waals surface area contributed by atoms with Crippen LogP contribution in [0.3, 0.4) is 0 Å². The van der Waals surface area contributed by atoms with Crippen molar-refractivity contribution in [2.24, 2.45) is 5.73 Å². The van der Waals surface area contributed by atoms with E-state index < -0.39 is 12.0 Å². The summed E-state index contributed by atoms with van der Waals surface area (Å²) >= 11 is 0. The Morgan fingerprint density at radius 1 is 1.33 bits per heavy atom. The van der Waals surface area contributed by atoms with Gasteiger partial charge in [0, 0.05) is 12.6 Å². The van der Waals surface area contributed by atoms with E-state index in [0.717, 1.165) is 30.8 Å². The first kappa shape index (κ1) is 13.1. The van der Waals surface area contributed by atoms with Gasteiger partial charge in [-0.25, -0.2) is 0 Å². The lowest BCUT2D eigenvalue weighted by Crippen LogP contribution is -2.22. The highest BCUT2D eigenvalue weighted by Crippen LogP contribution is 2.22. The summed E-state index contributed by atoms with van der Waals surface area (Å²) in [4.78, 5) is 13.1. The molecule has 0 spiro atoms. The van der Waals surface area contributed by atoms with Crippen LogP contribution in [0.5, 0.6) is 0 Å². The molecule has 18 heavy (non-hydrogen) atoms. The lowest BCUT2D eigenvalue weighted by Gasteiger charge is -2.20. The maximum absolute atomic E-state index is 10.7. The Morgan fingerprint density at radius 2 is 2.00 bits per heavy atom. The number of hydrogen-bond donors (Lipinski definition) is 2. The van der Waals surface area contributed by atoms with Crippen LogP contribution in [0.2, 0.25) is 0 Å². The van der Waals surface area contributed by atoms with Crippen molar-refractivity contribution in [2.45, 2.75) is 31.8 Å². The average Bonchev–Trinajstić information content (AvgIpc) is 2.81. The second kappa shape index (κ2) is 5.98. The Balaban J connectivity index is 2.11. The Morgan fingerprint density at radius 3 is 2.67 bits per heavy atom. The topological polar surface area (TPSA) is 66.6 Å². The van der Waals surface area contributed by atoms with Gasteiger partial charge in [0.05, 0.1) is 6.42 Å². The van der Waals surface area contributed by atoms with Gasteiger partial charge in [0.1, 0.15) is 0 Å². The van der Waals surface area contributed by atoms with Gasteiger partial charge in [-0.3, -0.25) is 9.69 Å². The number of carboxylic acids is 1.